The molecule has 0 saturated carbocycles. The third-order valence-corrected chi connectivity index (χ3v) is 4.08. The number of esters is 1. The summed E-state index contributed by atoms with van der Waals surface area (Å²) in [5.74, 6) is -4.77. The minimum atomic E-state index is -4.71. The molecule has 0 amide bonds. The Hall–Kier alpha value is -2.35. The second-order valence-electron chi connectivity index (χ2n) is 4.17. The molecule has 0 spiro atoms. The standard InChI is InChI=1S/C14H9F3O4S/c15-10-3-5-11(6-4-10)21-13(18)9-1-7-12(8-2-9)22(19,20)14(16)17/h1-8,14H. The van der Waals surface area contributed by atoms with Crippen LogP contribution in [0.4, 0.5) is 13.2 Å². The summed E-state index contributed by atoms with van der Waals surface area (Å²) in [6, 6.07) is 8.57. The molecule has 0 radical (unpaired) electrons. The zero-order valence-electron chi connectivity index (χ0n) is 10.9. The van der Waals surface area contributed by atoms with Crippen LogP contribution >= 0.6 is 0 Å². The number of carbonyl (C=O) groups excluding carboxylic acids is 1. The van der Waals surface area contributed by atoms with Crippen LogP contribution in [0.5, 0.6) is 5.75 Å². The van der Waals surface area contributed by atoms with E-state index in [-0.39, 0.29) is 11.3 Å². The number of benzene rings is 2. The maximum atomic E-state index is 12.7. The van der Waals surface area contributed by atoms with Gasteiger partial charge < -0.3 is 4.74 Å². The fourth-order valence-electron chi connectivity index (χ4n) is 1.55. The maximum absolute atomic E-state index is 12.7. The van der Waals surface area contributed by atoms with Gasteiger partial charge in [0.25, 0.3) is 0 Å². The van der Waals surface area contributed by atoms with E-state index in [2.05, 4.69) is 0 Å². The largest absolute Gasteiger partial charge is 0.423 e. The highest BCUT2D eigenvalue weighted by Crippen LogP contribution is 2.19. The average Bonchev–Trinajstić information content (AvgIpc) is 2.49. The van der Waals surface area contributed by atoms with E-state index in [9.17, 15) is 26.4 Å². The van der Waals surface area contributed by atoms with Gasteiger partial charge >= 0.3 is 11.7 Å². The second kappa shape index (κ2) is 6.18. The van der Waals surface area contributed by atoms with Crippen LogP contribution in [0.2, 0.25) is 0 Å². The Bertz CT molecular complexity index is 769. The van der Waals surface area contributed by atoms with Gasteiger partial charge in [0.2, 0.25) is 9.84 Å². The van der Waals surface area contributed by atoms with Crippen molar-refractivity contribution >= 4 is 15.8 Å². The second-order valence-corrected chi connectivity index (χ2v) is 6.09. The average molecular weight is 330 g/mol. The molecule has 8 heteroatoms. The summed E-state index contributed by atoms with van der Waals surface area (Å²) in [5.41, 5.74) is -0.0301. The molecule has 2 rings (SSSR count). The van der Waals surface area contributed by atoms with Gasteiger partial charge in [-0.15, -0.1) is 0 Å². The van der Waals surface area contributed by atoms with Gasteiger partial charge in [0.15, 0.2) is 0 Å². The fourth-order valence-corrected chi connectivity index (χ4v) is 2.27. The highest BCUT2D eigenvalue weighted by atomic mass is 32.2. The van der Waals surface area contributed by atoms with Gasteiger partial charge in [-0.25, -0.2) is 17.6 Å². The van der Waals surface area contributed by atoms with Crippen molar-refractivity contribution in [3.63, 3.8) is 0 Å². The Morgan fingerprint density at radius 3 is 2.00 bits per heavy atom. The molecular formula is C14H9F3O4S. The molecule has 4 nitrogen and oxygen atoms in total. The molecule has 0 aliphatic rings. The first-order valence-corrected chi connectivity index (χ1v) is 7.45. The molecule has 0 aliphatic carbocycles. The number of halogens is 3. The maximum Gasteiger partial charge on any atom is 0.343 e. The number of ether oxygens (including phenoxy) is 1. The lowest BCUT2D eigenvalue weighted by Gasteiger charge is -2.06. The van der Waals surface area contributed by atoms with Crippen LogP contribution in [0.3, 0.4) is 0 Å². The lowest BCUT2D eigenvalue weighted by molar-refractivity contribution is 0.0734. The normalized spacial score (nSPS) is 11.5. The van der Waals surface area contributed by atoms with Crippen LogP contribution in [0, 0.1) is 5.82 Å². The predicted octanol–water partition coefficient (Wildman–Crippen LogP) is 3.04. The minimum absolute atomic E-state index is 0.0301. The molecule has 0 heterocycles. The Labute approximate surface area is 124 Å². The van der Waals surface area contributed by atoms with Crippen molar-refractivity contribution in [3.05, 3.63) is 59.9 Å². The highest BCUT2D eigenvalue weighted by Gasteiger charge is 2.26. The molecule has 0 N–H and O–H groups in total. The highest BCUT2D eigenvalue weighted by molar-refractivity contribution is 7.91. The number of alkyl halides is 2. The van der Waals surface area contributed by atoms with E-state index in [0.29, 0.717) is 0 Å². The molecule has 0 fully saturated rings. The Morgan fingerprint density at radius 2 is 1.50 bits per heavy atom. The van der Waals surface area contributed by atoms with Crippen LogP contribution in [-0.4, -0.2) is 20.1 Å². The van der Waals surface area contributed by atoms with Crippen LogP contribution in [0.15, 0.2) is 53.4 Å². The summed E-state index contributed by atoms with van der Waals surface area (Å²) in [6.07, 6.45) is 0. The van der Waals surface area contributed by atoms with Gasteiger partial charge in [0.05, 0.1) is 10.5 Å². The molecule has 2 aromatic carbocycles. The molecule has 0 aliphatic heterocycles. The molecule has 116 valence electrons. The van der Waals surface area contributed by atoms with E-state index in [0.717, 1.165) is 36.4 Å². The van der Waals surface area contributed by atoms with E-state index in [1.807, 2.05) is 0 Å². The lowest BCUT2D eigenvalue weighted by atomic mass is 10.2. The summed E-state index contributed by atoms with van der Waals surface area (Å²) in [7, 11) is -4.71. The number of sulfone groups is 1. The van der Waals surface area contributed by atoms with Crippen LogP contribution < -0.4 is 4.74 Å². The monoisotopic (exact) mass is 330 g/mol. The first-order chi connectivity index (χ1) is 10.3. The first kappa shape index (κ1) is 16.0. The SMILES string of the molecule is O=C(Oc1ccc(F)cc1)c1ccc(S(=O)(=O)C(F)F)cc1. The summed E-state index contributed by atoms with van der Waals surface area (Å²) < 4.78 is 64.8. The van der Waals surface area contributed by atoms with Crippen molar-refractivity contribution in [2.75, 3.05) is 0 Å². The van der Waals surface area contributed by atoms with Crippen molar-refractivity contribution in [1.82, 2.24) is 0 Å². The van der Waals surface area contributed by atoms with Gasteiger partial charge in [0, 0.05) is 0 Å². The predicted molar refractivity (Wildman–Crippen MR) is 71.0 cm³/mol. The van der Waals surface area contributed by atoms with Gasteiger partial charge in [-0.1, -0.05) is 0 Å². The van der Waals surface area contributed by atoms with Crippen LogP contribution in [0.25, 0.3) is 0 Å². The molecule has 0 atom stereocenters. The summed E-state index contributed by atoms with van der Waals surface area (Å²) in [6.45, 7) is 0. The number of hydrogen-bond acceptors (Lipinski definition) is 4. The fraction of sp³-hybridized carbons (Fsp3) is 0.0714. The molecule has 0 bridgehead atoms. The lowest BCUT2D eigenvalue weighted by Crippen LogP contribution is -2.12. The molecule has 2 aromatic rings. The molecule has 0 unspecified atom stereocenters. The smallest absolute Gasteiger partial charge is 0.343 e. The zero-order valence-corrected chi connectivity index (χ0v) is 11.7. The molecular weight excluding hydrogens is 321 g/mol. The van der Waals surface area contributed by atoms with Gasteiger partial charge in [-0.3, -0.25) is 0 Å². The first-order valence-electron chi connectivity index (χ1n) is 5.90. The molecule has 0 saturated heterocycles. The Morgan fingerprint density at radius 1 is 0.955 bits per heavy atom. The quantitative estimate of drug-likeness (QED) is 0.639. The summed E-state index contributed by atoms with van der Waals surface area (Å²) >= 11 is 0. The minimum Gasteiger partial charge on any atom is -0.423 e. The van der Waals surface area contributed by atoms with E-state index in [1.165, 1.54) is 12.1 Å². The van der Waals surface area contributed by atoms with Crippen molar-refractivity contribution in [1.29, 1.82) is 0 Å². The van der Waals surface area contributed by atoms with Crippen molar-refractivity contribution < 1.29 is 31.1 Å². The van der Waals surface area contributed by atoms with Crippen molar-refractivity contribution in [3.8, 4) is 5.75 Å². The van der Waals surface area contributed by atoms with Gasteiger partial charge in [0.1, 0.15) is 11.6 Å². The molecule has 0 aromatic heterocycles. The zero-order chi connectivity index (χ0) is 16.3. The number of carbonyl (C=O) groups is 1. The van der Waals surface area contributed by atoms with Gasteiger partial charge in [-0.2, -0.15) is 8.78 Å². The van der Waals surface area contributed by atoms with E-state index < -0.39 is 32.3 Å². The van der Waals surface area contributed by atoms with Gasteiger partial charge in [-0.05, 0) is 48.5 Å². The van der Waals surface area contributed by atoms with Crippen molar-refractivity contribution in [2.45, 2.75) is 10.7 Å². The van der Waals surface area contributed by atoms with E-state index in [1.54, 1.807) is 0 Å². The van der Waals surface area contributed by atoms with Crippen molar-refractivity contribution in [2.24, 2.45) is 0 Å². The topological polar surface area (TPSA) is 60.4 Å². The third-order valence-electron chi connectivity index (χ3n) is 2.68. The summed E-state index contributed by atoms with van der Waals surface area (Å²) in [5, 5.41) is 0. The molecule has 22 heavy (non-hydrogen) atoms. The Balaban J connectivity index is 2.16. The number of hydrogen-bond donors (Lipinski definition) is 0. The number of rotatable bonds is 4. The van der Waals surface area contributed by atoms with E-state index >= 15 is 0 Å². The summed E-state index contributed by atoms with van der Waals surface area (Å²) in [4.78, 5) is 11.2. The van der Waals surface area contributed by atoms with Crippen LogP contribution in [0.1, 0.15) is 10.4 Å². The third kappa shape index (κ3) is 3.45. The van der Waals surface area contributed by atoms with Crippen LogP contribution in [-0.2, 0) is 9.84 Å². The van der Waals surface area contributed by atoms with E-state index in [4.69, 9.17) is 4.74 Å². The Kier molecular flexibility index (Phi) is 4.51.